The average Bonchev–Trinajstić information content (AvgIpc) is 2.63. The van der Waals surface area contributed by atoms with E-state index in [9.17, 15) is 9.90 Å². The van der Waals surface area contributed by atoms with Crippen molar-refractivity contribution in [1.29, 1.82) is 0 Å². The number of carboxylic acids is 1. The highest BCUT2D eigenvalue weighted by atomic mass is 16.4. The van der Waals surface area contributed by atoms with E-state index in [4.69, 9.17) is 0 Å². The minimum atomic E-state index is -0.633. The molecule has 2 aliphatic rings. The molecule has 0 aromatic carbocycles. The van der Waals surface area contributed by atoms with Crippen LogP contribution in [0.15, 0.2) is 0 Å². The quantitative estimate of drug-likeness (QED) is 0.763. The van der Waals surface area contributed by atoms with Crippen molar-refractivity contribution >= 4 is 5.97 Å². The molecule has 2 saturated carbocycles. The van der Waals surface area contributed by atoms with E-state index in [2.05, 4.69) is 12.2 Å². The number of carbonyl (C=O) groups is 1. The maximum Gasteiger partial charge on any atom is 0.323 e. The number of carboxylic acid groups (broad SMARTS) is 1. The Labute approximate surface area is 117 Å². The zero-order valence-electron chi connectivity index (χ0n) is 12.3. The second-order valence-corrected chi connectivity index (χ2v) is 6.57. The predicted molar refractivity (Wildman–Crippen MR) is 77.2 cm³/mol. The molecule has 0 heterocycles. The van der Waals surface area contributed by atoms with Crippen LogP contribution in [0.5, 0.6) is 0 Å². The number of hydrogen-bond acceptors (Lipinski definition) is 2. The summed E-state index contributed by atoms with van der Waals surface area (Å²) in [7, 11) is 0. The third-order valence-corrected chi connectivity index (χ3v) is 5.27. The highest BCUT2D eigenvalue weighted by Gasteiger charge is 2.41. The first-order valence-electron chi connectivity index (χ1n) is 8.17. The molecule has 2 atom stereocenters. The van der Waals surface area contributed by atoms with Gasteiger partial charge in [-0.1, -0.05) is 45.4 Å². The Hall–Kier alpha value is -0.570. The fourth-order valence-electron chi connectivity index (χ4n) is 3.88. The molecule has 2 aliphatic carbocycles. The van der Waals surface area contributed by atoms with Gasteiger partial charge in [-0.25, -0.2) is 0 Å². The molecule has 0 amide bonds. The van der Waals surface area contributed by atoms with Gasteiger partial charge in [-0.2, -0.15) is 0 Å². The molecule has 0 aromatic rings. The lowest BCUT2D eigenvalue weighted by Gasteiger charge is -2.35. The van der Waals surface area contributed by atoms with Gasteiger partial charge in [0.1, 0.15) is 5.54 Å². The lowest BCUT2D eigenvalue weighted by Crippen LogP contribution is -2.56. The molecule has 3 heteroatoms. The Morgan fingerprint density at radius 3 is 2.47 bits per heavy atom. The van der Waals surface area contributed by atoms with Crippen LogP contribution in [0, 0.1) is 5.92 Å². The molecule has 2 unspecified atom stereocenters. The number of hydrogen-bond donors (Lipinski definition) is 2. The molecule has 3 nitrogen and oxygen atoms in total. The fraction of sp³-hybridized carbons (Fsp3) is 0.938. The summed E-state index contributed by atoms with van der Waals surface area (Å²) in [6.07, 6.45) is 12.3. The Kier molecular flexibility index (Phi) is 5.26. The summed E-state index contributed by atoms with van der Waals surface area (Å²) in [5.41, 5.74) is -0.633. The van der Waals surface area contributed by atoms with Gasteiger partial charge in [-0.15, -0.1) is 0 Å². The van der Waals surface area contributed by atoms with Gasteiger partial charge in [-0.05, 0) is 38.0 Å². The lowest BCUT2D eigenvalue weighted by atomic mass is 9.86. The Balaban J connectivity index is 2.02. The zero-order valence-corrected chi connectivity index (χ0v) is 12.3. The molecule has 2 rings (SSSR count). The van der Waals surface area contributed by atoms with Crippen molar-refractivity contribution < 1.29 is 9.90 Å². The van der Waals surface area contributed by atoms with Gasteiger partial charge in [0.05, 0.1) is 0 Å². The third-order valence-electron chi connectivity index (χ3n) is 5.27. The van der Waals surface area contributed by atoms with Crippen LogP contribution in [0.2, 0.25) is 0 Å². The van der Waals surface area contributed by atoms with Crippen LogP contribution in [0.1, 0.15) is 77.6 Å². The highest BCUT2D eigenvalue weighted by Crippen LogP contribution is 2.34. The SMILES string of the molecule is CCC1CCCC(NC2CCCCC2)(C(=O)O)CC1. The lowest BCUT2D eigenvalue weighted by molar-refractivity contribution is -0.146. The molecular weight excluding hydrogens is 238 g/mol. The monoisotopic (exact) mass is 267 g/mol. The van der Waals surface area contributed by atoms with Gasteiger partial charge >= 0.3 is 5.97 Å². The Morgan fingerprint density at radius 2 is 1.84 bits per heavy atom. The standard InChI is InChI=1S/C16H29NO2/c1-2-13-7-6-11-16(12-10-13,15(18)19)17-14-8-4-3-5-9-14/h13-14,17H,2-12H2,1H3,(H,18,19). The highest BCUT2D eigenvalue weighted by molar-refractivity contribution is 5.78. The summed E-state index contributed by atoms with van der Waals surface area (Å²) < 4.78 is 0. The Morgan fingerprint density at radius 1 is 1.11 bits per heavy atom. The molecule has 0 aliphatic heterocycles. The summed E-state index contributed by atoms with van der Waals surface area (Å²) in [6, 6.07) is 0.433. The zero-order chi connectivity index (χ0) is 13.7. The van der Waals surface area contributed by atoms with Crippen LogP contribution in [0.25, 0.3) is 0 Å². The largest absolute Gasteiger partial charge is 0.480 e. The smallest absolute Gasteiger partial charge is 0.323 e. The van der Waals surface area contributed by atoms with Crippen LogP contribution in [0.3, 0.4) is 0 Å². The van der Waals surface area contributed by atoms with E-state index >= 15 is 0 Å². The van der Waals surface area contributed by atoms with E-state index in [1.54, 1.807) is 0 Å². The molecule has 0 radical (unpaired) electrons. The predicted octanol–water partition coefficient (Wildman–Crippen LogP) is 3.72. The second-order valence-electron chi connectivity index (χ2n) is 6.57. The summed E-state index contributed by atoms with van der Waals surface area (Å²) in [5, 5.41) is 13.3. The first-order chi connectivity index (χ1) is 9.16. The van der Waals surface area contributed by atoms with Gasteiger partial charge in [0.15, 0.2) is 0 Å². The van der Waals surface area contributed by atoms with E-state index in [1.807, 2.05) is 0 Å². The first kappa shape index (κ1) is 14.8. The van der Waals surface area contributed by atoms with Gasteiger partial charge in [-0.3, -0.25) is 10.1 Å². The van der Waals surface area contributed by atoms with Crippen molar-refractivity contribution in [3.8, 4) is 0 Å². The summed E-state index contributed by atoms with van der Waals surface area (Å²) in [6.45, 7) is 2.23. The average molecular weight is 267 g/mol. The van der Waals surface area contributed by atoms with Gasteiger partial charge in [0, 0.05) is 6.04 Å². The van der Waals surface area contributed by atoms with Crippen molar-refractivity contribution in [1.82, 2.24) is 5.32 Å². The Bertz CT molecular complexity index is 299. The normalized spacial score (nSPS) is 33.8. The van der Waals surface area contributed by atoms with Crippen LogP contribution >= 0.6 is 0 Å². The second kappa shape index (κ2) is 6.74. The minimum absolute atomic E-state index is 0.433. The van der Waals surface area contributed by atoms with Crippen molar-refractivity contribution in [2.24, 2.45) is 5.92 Å². The van der Waals surface area contributed by atoms with E-state index in [-0.39, 0.29) is 0 Å². The molecular formula is C16H29NO2. The number of aliphatic carboxylic acids is 1. The molecule has 2 fully saturated rings. The van der Waals surface area contributed by atoms with E-state index in [0.29, 0.717) is 6.04 Å². The van der Waals surface area contributed by atoms with Crippen molar-refractivity contribution in [2.45, 2.75) is 89.1 Å². The molecule has 19 heavy (non-hydrogen) atoms. The van der Waals surface area contributed by atoms with E-state index < -0.39 is 11.5 Å². The summed E-state index contributed by atoms with van der Waals surface area (Å²) in [5.74, 6) is 0.115. The maximum atomic E-state index is 11.8. The van der Waals surface area contributed by atoms with Crippen LogP contribution < -0.4 is 5.32 Å². The first-order valence-corrected chi connectivity index (χ1v) is 8.17. The third kappa shape index (κ3) is 3.71. The van der Waals surface area contributed by atoms with Crippen molar-refractivity contribution in [3.63, 3.8) is 0 Å². The molecule has 0 bridgehead atoms. The van der Waals surface area contributed by atoms with Crippen molar-refractivity contribution in [2.75, 3.05) is 0 Å². The molecule has 0 saturated heterocycles. The number of rotatable bonds is 4. The fourth-order valence-corrected chi connectivity index (χ4v) is 3.88. The van der Waals surface area contributed by atoms with E-state index in [0.717, 1.165) is 44.4 Å². The minimum Gasteiger partial charge on any atom is -0.480 e. The molecule has 0 aromatic heterocycles. The number of nitrogens with one attached hydrogen (secondary N) is 1. The van der Waals surface area contributed by atoms with Gasteiger partial charge in [0.25, 0.3) is 0 Å². The van der Waals surface area contributed by atoms with Gasteiger partial charge < -0.3 is 5.11 Å². The topological polar surface area (TPSA) is 49.3 Å². The summed E-state index contributed by atoms with van der Waals surface area (Å²) >= 11 is 0. The molecule has 110 valence electrons. The van der Waals surface area contributed by atoms with Gasteiger partial charge in [0.2, 0.25) is 0 Å². The van der Waals surface area contributed by atoms with Crippen molar-refractivity contribution in [3.05, 3.63) is 0 Å². The molecule has 2 N–H and O–H groups in total. The van der Waals surface area contributed by atoms with Crippen LogP contribution in [0.4, 0.5) is 0 Å². The maximum absolute atomic E-state index is 11.8. The summed E-state index contributed by atoms with van der Waals surface area (Å²) in [4.78, 5) is 11.8. The van der Waals surface area contributed by atoms with Crippen LogP contribution in [-0.2, 0) is 4.79 Å². The van der Waals surface area contributed by atoms with E-state index in [1.165, 1.54) is 32.1 Å². The van der Waals surface area contributed by atoms with Crippen LogP contribution in [-0.4, -0.2) is 22.7 Å². The molecule has 0 spiro atoms.